The molecule has 2 aromatic heterocycles. The number of hydrazone groups is 1. The first-order valence-corrected chi connectivity index (χ1v) is 12.8. The van der Waals surface area contributed by atoms with Crippen LogP contribution in [0.15, 0.2) is 82.4 Å². The van der Waals surface area contributed by atoms with Gasteiger partial charge in [-0.3, -0.25) is 9.36 Å². The van der Waals surface area contributed by atoms with E-state index in [4.69, 9.17) is 0 Å². The van der Waals surface area contributed by atoms with Crippen LogP contribution in [-0.2, 0) is 10.2 Å². The summed E-state index contributed by atoms with van der Waals surface area (Å²) in [5, 5.41) is 15.7. The van der Waals surface area contributed by atoms with E-state index in [2.05, 4.69) is 65.8 Å². The van der Waals surface area contributed by atoms with Gasteiger partial charge in [0.2, 0.25) is 0 Å². The van der Waals surface area contributed by atoms with Gasteiger partial charge in [-0.25, -0.2) is 5.43 Å². The number of aromatic nitrogens is 3. The van der Waals surface area contributed by atoms with Crippen LogP contribution < -0.4 is 5.43 Å². The summed E-state index contributed by atoms with van der Waals surface area (Å²) in [7, 11) is 0. The molecule has 0 aliphatic heterocycles. The normalized spacial score (nSPS) is 12.1. The average Bonchev–Trinajstić information content (AvgIpc) is 3.52. The van der Waals surface area contributed by atoms with Gasteiger partial charge < -0.3 is 0 Å². The van der Waals surface area contributed by atoms with Crippen LogP contribution >= 0.6 is 23.1 Å². The lowest BCUT2D eigenvalue weighted by atomic mass is 9.87. The molecule has 1 N–H and O–H groups in total. The quantitative estimate of drug-likeness (QED) is 0.199. The topological polar surface area (TPSA) is 72.2 Å². The maximum absolute atomic E-state index is 12.5. The molecule has 6 nitrogen and oxygen atoms in total. The van der Waals surface area contributed by atoms with Crippen molar-refractivity contribution in [2.75, 3.05) is 5.75 Å². The Kier molecular flexibility index (Phi) is 7.29. The molecule has 0 radical (unpaired) electrons. The zero-order valence-electron chi connectivity index (χ0n) is 19.6. The zero-order valence-corrected chi connectivity index (χ0v) is 21.3. The summed E-state index contributed by atoms with van der Waals surface area (Å²) in [6, 6.07) is 22.3. The number of para-hydroxylation sites is 1. The van der Waals surface area contributed by atoms with Gasteiger partial charge in [-0.2, -0.15) is 5.10 Å². The second-order valence-corrected chi connectivity index (χ2v) is 10.7. The fraction of sp³-hybridized carbons (Fsp3) is 0.231. The minimum absolute atomic E-state index is 0.0738. The van der Waals surface area contributed by atoms with E-state index in [0.717, 1.165) is 27.7 Å². The number of amides is 1. The van der Waals surface area contributed by atoms with E-state index in [9.17, 15) is 4.79 Å². The van der Waals surface area contributed by atoms with E-state index in [1.807, 2.05) is 59.3 Å². The van der Waals surface area contributed by atoms with E-state index in [1.54, 1.807) is 11.3 Å². The first-order chi connectivity index (χ1) is 16.3. The summed E-state index contributed by atoms with van der Waals surface area (Å²) in [6.07, 6.45) is 0. The van der Waals surface area contributed by atoms with Crippen molar-refractivity contribution in [3.63, 3.8) is 0 Å². The number of carbonyl (C=O) groups excluding carboxylic acids is 1. The van der Waals surface area contributed by atoms with Gasteiger partial charge in [-0.1, -0.05) is 81.1 Å². The monoisotopic (exact) mass is 489 g/mol. The van der Waals surface area contributed by atoms with Crippen molar-refractivity contribution in [1.29, 1.82) is 0 Å². The highest BCUT2D eigenvalue weighted by atomic mass is 32.2. The summed E-state index contributed by atoms with van der Waals surface area (Å²) >= 11 is 2.92. The Balaban J connectivity index is 1.55. The molecule has 2 heterocycles. The van der Waals surface area contributed by atoms with Gasteiger partial charge in [0.1, 0.15) is 0 Å². The van der Waals surface area contributed by atoms with Gasteiger partial charge in [-0.15, -0.1) is 21.5 Å². The predicted molar refractivity (Wildman–Crippen MR) is 141 cm³/mol. The third-order valence-corrected chi connectivity index (χ3v) is 7.12. The van der Waals surface area contributed by atoms with Crippen LogP contribution in [0.4, 0.5) is 0 Å². The number of thioether (sulfide) groups is 1. The van der Waals surface area contributed by atoms with Gasteiger partial charge >= 0.3 is 0 Å². The highest BCUT2D eigenvalue weighted by Gasteiger charge is 2.19. The molecule has 8 heteroatoms. The van der Waals surface area contributed by atoms with E-state index >= 15 is 0 Å². The second kappa shape index (κ2) is 10.4. The van der Waals surface area contributed by atoms with Crippen LogP contribution in [0.25, 0.3) is 17.1 Å². The van der Waals surface area contributed by atoms with Crippen molar-refractivity contribution >= 4 is 34.7 Å². The standard InChI is InChI=1S/C26H27N5OS2/c1-18(22-11-8-16-33-22)27-28-23(32)17-34-25-30-29-24(31(25)21-9-6-5-7-10-21)19-12-14-20(15-13-19)26(2,3)4/h5-16H,17H2,1-4H3,(H,28,32). The largest absolute Gasteiger partial charge is 0.272 e. The lowest BCUT2D eigenvalue weighted by molar-refractivity contribution is -0.118. The Morgan fingerprint density at radius 2 is 1.76 bits per heavy atom. The van der Waals surface area contributed by atoms with E-state index < -0.39 is 0 Å². The number of thiophene rings is 1. The Morgan fingerprint density at radius 1 is 1.03 bits per heavy atom. The molecule has 2 aromatic carbocycles. The smallest absolute Gasteiger partial charge is 0.250 e. The summed E-state index contributed by atoms with van der Waals surface area (Å²) < 4.78 is 1.99. The maximum Gasteiger partial charge on any atom is 0.250 e. The molecule has 0 fully saturated rings. The van der Waals surface area contributed by atoms with Crippen molar-refractivity contribution in [1.82, 2.24) is 20.2 Å². The van der Waals surface area contributed by atoms with Crippen LogP contribution in [0.1, 0.15) is 38.1 Å². The van der Waals surface area contributed by atoms with Crippen molar-refractivity contribution < 1.29 is 4.79 Å². The summed E-state index contributed by atoms with van der Waals surface area (Å²) in [5.74, 6) is 0.718. The molecule has 174 valence electrons. The van der Waals surface area contributed by atoms with Crippen molar-refractivity contribution in [3.05, 3.63) is 82.6 Å². The zero-order chi connectivity index (χ0) is 24.1. The molecule has 1 amide bonds. The van der Waals surface area contributed by atoms with Crippen LogP contribution in [-0.4, -0.2) is 32.1 Å². The Hall–Kier alpha value is -3.23. The molecule has 0 atom stereocenters. The van der Waals surface area contributed by atoms with Crippen LogP contribution in [0.3, 0.4) is 0 Å². The molecule has 0 unspecified atom stereocenters. The van der Waals surface area contributed by atoms with Crippen molar-refractivity contribution in [3.8, 4) is 17.1 Å². The summed E-state index contributed by atoms with van der Waals surface area (Å²) in [6.45, 7) is 8.46. The molecule has 4 rings (SSSR count). The van der Waals surface area contributed by atoms with E-state index in [-0.39, 0.29) is 17.1 Å². The third-order valence-electron chi connectivity index (χ3n) is 5.22. The molecule has 0 saturated carbocycles. The Bertz CT molecular complexity index is 1270. The Labute approximate surface area is 208 Å². The molecule has 0 aliphatic rings. The van der Waals surface area contributed by atoms with Gasteiger partial charge in [0, 0.05) is 16.1 Å². The highest BCUT2D eigenvalue weighted by molar-refractivity contribution is 7.99. The fourth-order valence-electron chi connectivity index (χ4n) is 3.33. The van der Waals surface area contributed by atoms with Crippen LogP contribution in [0.5, 0.6) is 0 Å². The van der Waals surface area contributed by atoms with Gasteiger partial charge in [0.15, 0.2) is 11.0 Å². The second-order valence-electron chi connectivity index (χ2n) is 8.80. The minimum Gasteiger partial charge on any atom is -0.272 e. The first-order valence-electron chi connectivity index (χ1n) is 10.9. The first kappa shape index (κ1) is 23.9. The number of rotatable bonds is 7. The lowest BCUT2D eigenvalue weighted by Crippen LogP contribution is -2.21. The lowest BCUT2D eigenvalue weighted by Gasteiger charge is -2.19. The SMILES string of the molecule is CC(=NNC(=O)CSc1nnc(-c2ccc(C(C)(C)C)cc2)n1-c1ccccc1)c1cccs1. The molecule has 0 saturated heterocycles. The molecular formula is C26H27N5OS2. The minimum atomic E-state index is -0.195. The van der Waals surface area contributed by atoms with Gasteiger partial charge in [0.05, 0.1) is 11.5 Å². The third kappa shape index (κ3) is 5.63. The van der Waals surface area contributed by atoms with E-state index in [0.29, 0.717) is 5.16 Å². The predicted octanol–water partition coefficient (Wildman–Crippen LogP) is 5.93. The number of benzene rings is 2. The number of hydrogen-bond acceptors (Lipinski definition) is 6. The molecule has 0 bridgehead atoms. The Morgan fingerprint density at radius 3 is 2.41 bits per heavy atom. The summed E-state index contributed by atoms with van der Waals surface area (Å²) in [5.41, 5.74) is 6.66. The molecular weight excluding hydrogens is 462 g/mol. The number of nitrogens with one attached hydrogen (secondary N) is 1. The highest BCUT2D eigenvalue weighted by Crippen LogP contribution is 2.30. The average molecular weight is 490 g/mol. The number of nitrogens with zero attached hydrogens (tertiary/aromatic N) is 4. The van der Waals surface area contributed by atoms with Crippen LogP contribution in [0, 0.1) is 0 Å². The molecule has 0 aliphatic carbocycles. The van der Waals surface area contributed by atoms with E-state index in [1.165, 1.54) is 17.3 Å². The summed E-state index contributed by atoms with van der Waals surface area (Å²) in [4.78, 5) is 13.5. The van der Waals surface area contributed by atoms with Crippen LogP contribution in [0.2, 0.25) is 0 Å². The van der Waals surface area contributed by atoms with Crippen molar-refractivity contribution in [2.45, 2.75) is 38.3 Å². The molecule has 4 aromatic rings. The number of hydrogen-bond donors (Lipinski definition) is 1. The molecule has 0 spiro atoms. The number of carbonyl (C=O) groups is 1. The molecule has 34 heavy (non-hydrogen) atoms. The maximum atomic E-state index is 12.5. The fourth-order valence-corrected chi connectivity index (χ4v) is 4.75. The van der Waals surface area contributed by atoms with Crippen molar-refractivity contribution in [2.24, 2.45) is 5.10 Å². The van der Waals surface area contributed by atoms with Gasteiger partial charge in [-0.05, 0) is 41.5 Å². The van der Waals surface area contributed by atoms with Gasteiger partial charge in [0.25, 0.3) is 5.91 Å².